The highest BCUT2D eigenvalue weighted by Crippen LogP contribution is 2.16. The molecule has 3 nitrogen and oxygen atoms in total. The summed E-state index contributed by atoms with van der Waals surface area (Å²) in [6.45, 7) is 5.76. The van der Waals surface area contributed by atoms with Gasteiger partial charge in [-0.15, -0.1) is 0 Å². The van der Waals surface area contributed by atoms with Gasteiger partial charge in [0.1, 0.15) is 0 Å². The molecular formula is C26H49NO2. The van der Waals surface area contributed by atoms with Crippen molar-refractivity contribution in [1.82, 2.24) is 5.32 Å². The van der Waals surface area contributed by atoms with E-state index in [-0.39, 0.29) is 6.10 Å². The van der Waals surface area contributed by atoms with Crippen molar-refractivity contribution < 1.29 is 9.84 Å². The molecule has 29 heavy (non-hydrogen) atoms. The lowest BCUT2D eigenvalue weighted by molar-refractivity contribution is 0.0208. The molecule has 1 aliphatic rings. The van der Waals surface area contributed by atoms with Gasteiger partial charge in [0.05, 0.1) is 12.7 Å². The number of hydrogen-bond acceptors (Lipinski definition) is 3. The molecule has 3 heteroatoms. The lowest BCUT2D eigenvalue weighted by atomic mass is 9.94. The van der Waals surface area contributed by atoms with Crippen LogP contribution in [0.3, 0.4) is 0 Å². The van der Waals surface area contributed by atoms with Crippen molar-refractivity contribution >= 4 is 0 Å². The van der Waals surface area contributed by atoms with Crippen LogP contribution in [0.4, 0.5) is 0 Å². The van der Waals surface area contributed by atoms with Crippen molar-refractivity contribution in [3.63, 3.8) is 0 Å². The van der Waals surface area contributed by atoms with Gasteiger partial charge in [-0.3, -0.25) is 0 Å². The molecule has 1 saturated heterocycles. The standard InChI is InChI=1S/C26H49NO2/c1-2-3-4-5-6-7-8-9-10-11-12-13-14-15-16-17-21-29-24-26(28)22-25-19-18-20-27-23-25/h6-7,9-10,25-28H,2-5,8,11-24H2,1H3/b7-6-,10-9-. The van der Waals surface area contributed by atoms with E-state index in [1.165, 1.54) is 77.0 Å². The largest absolute Gasteiger partial charge is 0.391 e. The monoisotopic (exact) mass is 407 g/mol. The van der Waals surface area contributed by atoms with E-state index >= 15 is 0 Å². The van der Waals surface area contributed by atoms with Crippen molar-refractivity contribution in [1.29, 1.82) is 0 Å². The maximum atomic E-state index is 10.1. The fourth-order valence-electron chi connectivity index (χ4n) is 3.99. The Morgan fingerprint density at radius 3 is 2.31 bits per heavy atom. The van der Waals surface area contributed by atoms with Gasteiger partial charge in [0.25, 0.3) is 0 Å². The molecule has 0 spiro atoms. The van der Waals surface area contributed by atoms with Gasteiger partial charge in [-0.2, -0.15) is 0 Å². The summed E-state index contributed by atoms with van der Waals surface area (Å²) in [6, 6.07) is 0. The first-order valence-electron chi connectivity index (χ1n) is 12.6. The van der Waals surface area contributed by atoms with E-state index in [9.17, 15) is 5.11 Å². The zero-order chi connectivity index (χ0) is 20.8. The molecule has 0 bridgehead atoms. The van der Waals surface area contributed by atoms with Crippen LogP contribution in [-0.2, 0) is 4.74 Å². The Labute approximate surface area is 181 Å². The average Bonchev–Trinajstić information content (AvgIpc) is 2.73. The third kappa shape index (κ3) is 17.9. The van der Waals surface area contributed by atoms with Gasteiger partial charge in [-0.1, -0.05) is 69.8 Å². The summed E-state index contributed by atoms with van der Waals surface area (Å²) in [5.74, 6) is 0.629. The number of aliphatic hydroxyl groups excluding tert-OH is 1. The molecule has 170 valence electrons. The molecular weight excluding hydrogens is 358 g/mol. The Balaban J connectivity index is 1.77. The second-order valence-electron chi connectivity index (χ2n) is 8.76. The molecule has 1 aliphatic heterocycles. The van der Waals surface area contributed by atoms with E-state index < -0.39 is 0 Å². The topological polar surface area (TPSA) is 41.5 Å². The third-order valence-electron chi connectivity index (χ3n) is 5.80. The molecule has 2 unspecified atom stereocenters. The second kappa shape index (κ2) is 20.6. The van der Waals surface area contributed by atoms with Crippen LogP contribution in [0.25, 0.3) is 0 Å². The molecule has 1 rings (SSSR count). The van der Waals surface area contributed by atoms with Crippen LogP contribution in [-0.4, -0.2) is 37.5 Å². The SMILES string of the molecule is CCCCC/C=C\C/C=C\CCCCCCCCOCC(O)CC1CCCNC1. The van der Waals surface area contributed by atoms with E-state index in [2.05, 4.69) is 36.5 Å². The summed E-state index contributed by atoms with van der Waals surface area (Å²) in [6.07, 6.45) is 27.6. The zero-order valence-corrected chi connectivity index (χ0v) is 19.3. The van der Waals surface area contributed by atoms with Crippen LogP contribution in [0.1, 0.15) is 103 Å². The molecule has 0 aliphatic carbocycles. The Kier molecular flexibility index (Phi) is 18.8. The first kappa shape index (κ1) is 26.4. The molecule has 2 N–H and O–H groups in total. The molecule has 0 aromatic carbocycles. The van der Waals surface area contributed by atoms with Gasteiger partial charge in [0.15, 0.2) is 0 Å². The van der Waals surface area contributed by atoms with E-state index in [4.69, 9.17) is 4.74 Å². The van der Waals surface area contributed by atoms with Gasteiger partial charge >= 0.3 is 0 Å². The van der Waals surface area contributed by atoms with Gasteiger partial charge < -0.3 is 15.2 Å². The number of unbranched alkanes of at least 4 members (excludes halogenated alkanes) is 9. The minimum Gasteiger partial charge on any atom is -0.391 e. The molecule has 1 fully saturated rings. The van der Waals surface area contributed by atoms with E-state index in [0.717, 1.165) is 39.0 Å². The summed E-state index contributed by atoms with van der Waals surface area (Å²) in [4.78, 5) is 0. The normalized spacial score (nSPS) is 18.8. The number of rotatable bonds is 19. The molecule has 0 aromatic heterocycles. The zero-order valence-electron chi connectivity index (χ0n) is 19.3. The number of allylic oxidation sites excluding steroid dienone is 4. The predicted molar refractivity (Wildman–Crippen MR) is 126 cm³/mol. The molecule has 1 heterocycles. The van der Waals surface area contributed by atoms with E-state index in [0.29, 0.717) is 12.5 Å². The summed E-state index contributed by atoms with van der Waals surface area (Å²) < 4.78 is 5.67. The number of piperidine rings is 1. The summed E-state index contributed by atoms with van der Waals surface area (Å²) in [5.41, 5.74) is 0. The minimum absolute atomic E-state index is 0.287. The molecule has 0 radical (unpaired) electrons. The summed E-state index contributed by atoms with van der Waals surface area (Å²) in [5, 5.41) is 13.5. The second-order valence-corrected chi connectivity index (χ2v) is 8.76. The highest BCUT2D eigenvalue weighted by Gasteiger charge is 2.17. The molecule has 2 atom stereocenters. The maximum Gasteiger partial charge on any atom is 0.0776 e. The Bertz CT molecular complexity index is 388. The Morgan fingerprint density at radius 2 is 1.62 bits per heavy atom. The van der Waals surface area contributed by atoms with Crippen molar-refractivity contribution in [2.24, 2.45) is 5.92 Å². The fraction of sp³-hybridized carbons (Fsp3) is 0.846. The Morgan fingerprint density at radius 1 is 0.931 bits per heavy atom. The first-order valence-corrected chi connectivity index (χ1v) is 12.6. The first-order chi connectivity index (χ1) is 14.3. The van der Waals surface area contributed by atoms with Crippen molar-refractivity contribution in [2.75, 3.05) is 26.3 Å². The van der Waals surface area contributed by atoms with E-state index in [1.54, 1.807) is 0 Å². The average molecular weight is 408 g/mol. The fourth-order valence-corrected chi connectivity index (χ4v) is 3.99. The highest BCUT2D eigenvalue weighted by atomic mass is 16.5. The predicted octanol–water partition coefficient (Wildman–Crippen LogP) is 6.57. The number of hydrogen-bond donors (Lipinski definition) is 2. The van der Waals surface area contributed by atoms with Crippen LogP contribution in [0.2, 0.25) is 0 Å². The van der Waals surface area contributed by atoms with Gasteiger partial charge in [-0.05, 0) is 76.8 Å². The minimum atomic E-state index is -0.287. The van der Waals surface area contributed by atoms with Crippen LogP contribution in [0.15, 0.2) is 24.3 Å². The van der Waals surface area contributed by atoms with Gasteiger partial charge in [0, 0.05) is 6.61 Å². The maximum absolute atomic E-state index is 10.1. The van der Waals surface area contributed by atoms with Crippen LogP contribution >= 0.6 is 0 Å². The van der Waals surface area contributed by atoms with E-state index in [1.807, 2.05) is 0 Å². The lowest BCUT2D eigenvalue weighted by Gasteiger charge is -2.24. The van der Waals surface area contributed by atoms with Gasteiger partial charge in [-0.25, -0.2) is 0 Å². The van der Waals surface area contributed by atoms with Gasteiger partial charge in [0.2, 0.25) is 0 Å². The number of nitrogens with one attached hydrogen (secondary N) is 1. The summed E-state index contributed by atoms with van der Waals surface area (Å²) >= 11 is 0. The quantitative estimate of drug-likeness (QED) is 0.188. The van der Waals surface area contributed by atoms with Crippen LogP contribution in [0, 0.1) is 5.92 Å². The van der Waals surface area contributed by atoms with Crippen LogP contribution in [0.5, 0.6) is 0 Å². The Hall–Kier alpha value is -0.640. The van der Waals surface area contributed by atoms with Crippen molar-refractivity contribution in [2.45, 2.75) is 109 Å². The van der Waals surface area contributed by atoms with Crippen LogP contribution < -0.4 is 5.32 Å². The molecule has 0 saturated carbocycles. The lowest BCUT2D eigenvalue weighted by Crippen LogP contribution is -2.33. The summed E-state index contributed by atoms with van der Waals surface area (Å²) in [7, 11) is 0. The number of ether oxygens (including phenoxy) is 1. The number of aliphatic hydroxyl groups is 1. The van der Waals surface area contributed by atoms with Crippen molar-refractivity contribution in [3.05, 3.63) is 24.3 Å². The smallest absolute Gasteiger partial charge is 0.0776 e. The molecule has 0 amide bonds. The molecule has 0 aromatic rings. The highest BCUT2D eigenvalue weighted by molar-refractivity contribution is 4.92. The third-order valence-corrected chi connectivity index (χ3v) is 5.80. The van der Waals surface area contributed by atoms with Crippen molar-refractivity contribution in [3.8, 4) is 0 Å².